The molecule has 0 spiro atoms. The van der Waals surface area contributed by atoms with Crippen LogP contribution in [0.15, 0.2) is 47.9 Å². The number of anilines is 3. The van der Waals surface area contributed by atoms with Gasteiger partial charge in [0, 0.05) is 17.7 Å². The Morgan fingerprint density at radius 1 is 0.929 bits per heavy atom. The van der Waals surface area contributed by atoms with Crippen LogP contribution >= 0.6 is 0 Å². The molecule has 0 radical (unpaired) electrons. The first-order valence-corrected chi connectivity index (χ1v) is 12.1. The maximum atomic E-state index is 12.3. The van der Waals surface area contributed by atoms with Crippen LogP contribution in [0.25, 0.3) is 22.3 Å². The third-order valence-electron chi connectivity index (χ3n) is 5.60. The van der Waals surface area contributed by atoms with E-state index in [1.165, 1.54) is 31.0 Å². The van der Waals surface area contributed by atoms with Crippen molar-refractivity contribution in [3.63, 3.8) is 0 Å². The molecule has 216 valence electrons. The minimum atomic E-state index is -1.30. The van der Waals surface area contributed by atoms with Crippen molar-refractivity contribution in [2.24, 2.45) is 0 Å². The smallest absolute Gasteiger partial charge is 0.326 e. The second-order valence-corrected chi connectivity index (χ2v) is 8.56. The average molecular weight is 577 g/mol. The number of benzene rings is 1. The number of imidazole rings is 1. The highest BCUT2D eigenvalue weighted by molar-refractivity contribution is 5.97. The minimum absolute atomic E-state index is 0.0101. The van der Waals surface area contributed by atoms with Crippen LogP contribution in [-0.2, 0) is 16.1 Å². The summed E-state index contributed by atoms with van der Waals surface area (Å²) < 4.78 is 0. The summed E-state index contributed by atoms with van der Waals surface area (Å²) in [6.07, 6.45) is 3.69. The molecule has 0 fully saturated rings. The van der Waals surface area contributed by atoms with Crippen molar-refractivity contribution in [1.29, 1.82) is 0 Å². The number of carboxylic acid groups (broad SMARTS) is 2. The van der Waals surface area contributed by atoms with Crippen LogP contribution in [0.1, 0.15) is 28.9 Å². The number of fused-ring (bicyclic) bond motifs is 2. The van der Waals surface area contributed by atoms with Gasteiger partial charge in [0.05, 0.1) is 31.1 Å². The molecule has 1 amide bonds. The summed E-state index contributed by atoms with van der Waals surface area (Å²) in [6, 6.07) is 4.99. The Kier molecular flexibility index (Phi) is 8.76. The number of nitrogens with two attached hydrogens (primary N) is 2. The van der Waals surface area contributed by atoms with Crippen LogP contribution in [0.4, 0.5) is 17.5 Å². The van der Waals surface area contributed by atoms with E-state index < -0.39 is 23.9 Å². The monoisotopic (exact) mass is 576 g/mol. The fraction of sp³-hybridized carbons (Fsp3) is 0.167. The van der Waals surface area contributed by atoms with Crippen molar-refractivity contribution in [3.8, 4) is 0 Å². The molecule has 18 heteroatoms. The number of aromatic nitrogens is 8. The van der Waals surface area contributed by atoms with Gasteiger partial charge >= 0.3 is 11.9 Å². The number of H-pyrrole nitrogens is 2. The molecule has 4 heterocycles. The molecular weight excluding hydrogens is 552 g/mol. The molecule has 4 aromatic heterocycles. The molecule has 0 saturated heterocycles. The summed E-state index contributed by atoms with van der Waals surface area (Å²) in [6.45, 7) is 0.300. The van der Waals surface area contributed by atoms with E-state index in [4.69, 9.17) is 21.7 Å². The van der Waals surface area contributed by atoms with Gasteiger partial charge in [0.1, 0.15) is 6.04 Å². The number of nitrogens with one attached hydrogen (secondary N) is 4. The Morgan fingerprint density at radius 2 is 1.64 bits per heavy atom. The van der Waals surface area contributed by atoms with Gasteiger partial charge in [-0.1, -0.05) is 0 Å². The number of aromatic amines is 2. The summed E-state index contributed by atoms with van der Waals surface area (Å²) in [5.41, 5.74) is 14.1. The number of carbonyl (C=O) groups is 3. The lowest BCUT2D eigenvalue weighted by molar-refractivity contribution is -0.140. The van der Waals surface area contributed by atoms with E-state index in [2.05, 4.69) is 50.5 Å². The zero-order valence-electron chi connectivity index (χ0n) is 21.6. The number of amides is 1. The van der Waals surface area contributed by atoms with E-state index >= 15 is 0 Å². The van der Waals surface area contributed by atoms with E-state index in [9.17, 15) is 19.2 Å². The van der Waals surface area contributed by atoms with E-state index in [1.54, 1.807) is 12.1 Å². The summed E-state index contributed by atoms with van der Waals surface area (Å²) >= 11 is 0. The largest absolute Gasteiger partial charge is 0.481 e. The van der Waals surface area contributed by atoms with Gasteiger partial charge in [-0.05, 0) is 30.7 Å². The van der Waals surface area contributed by atoms with Crippen LogP contribution in [-0.4, -0.2) is 74.0 Å². The molecule has 1 atom stereocenters. The van der Waals surface area contributed by atoms with E-state index in [-0.39, 0.29) is 41.4 Å². The summed E-state index contributed by atoms with van der Waals surface area (Å²) in [7, 11) is 0. The van der Waals surface area contributed by atoms with Gasteiger partial charge in [-0.25, -0.2) is 24.7 Å². The zero-order valence-corrected chi connectivity index (χ0v) is 21.6. The van der Waals surface area contributed by atoms with Gasteiger partial charge in [-0.2, -0.15) is 9.97 Å². The molecule has 5 aromatic rings. The van der Waals surface area contributed by atoms with Crippen molar-refractivity contribution in [1.82, 2.24) is 45.2 Å². The SMILES string of the molecule is Nc1nc(N)c2nc(CNc3ccc(C(=O)NC(CCC(=O)O)C(=O)O)cc3)cnc2n1.O=c1[nH]cnc2nc[nH]c12. The highest BCUT2D eigenvalue weighted by Gasteiger charge is 2.21. The number of rotatable bonds is 9. The number of carbonyl (C=O) groups excluding carboxylic acids is 1. The van der Waals surface area contributed by atoms with E-state index in [1.807, 2.05) is 0 Å². The average Bonchev–Trinajstić information content (AvgIpc) is 3.45. The standard InChI is InChI=1S/C19H20N8O5.C5H4N4O/c20-15-14-16(27-19(21)26-15)23-8-11(24-14)7-22-10-3-1-9(2-4-10)17(30)25-12(18(31)32)5-6-13(28)29;10-5-3-4(7-1-6-3)8-2-9-5/h1-4,8,12,22H,5-7H2,(H,25,30)(H,28,29)(H,31,32)(H4,20,21,23,26,27);1-2H,(H2,6,7,8,9,10). The third kappa shape index (κ3) is 7.25. The fourth-order valence-electron chi connectivity index (χ4n) is 3.54. The van der Waals surface area contributed by atoms with Crippen LogP contribution in [0.2, 0.25) is 0 Å². The Bertz CT molecular complexity index is 1800. The number of carboxylic acids is 2. The highest BCUT2D eigenvalue weighted by atomic mass is 16.4. The number of nitrogens with zero attached hydrogens (tertiary/aromatic N) is 6. The van der Waals surface area contributed by atoms with E-state index in [0.29, 0.717) is 34.6 Å². The molecular formula is C24H24N12O6. The number of nitrogen functional groups attached to an aromatic ring is 2. The van der Waals surface area contributed by atoms with Crippen molar-refractivity contribution < 1.29 is 24.6 Å². The maximum Gasteiger partial charge on any atom is 0.326 e. The molecule has 1 unspecified atom stereocenters. The first-order valence-electron chi connectivity index (χ1n) is 12.1. The quantitative estimate of drug-likeness (QED) is 0.113. The highest BCUT2D eigenvalue weighted by Crippen LogP contribution is 2.16. The first-order chi connectivity index (χ1) is 20.1. The molecule has 0 saturated carbocycles. The predicted octanol–water partition coefficient (Wildman–Crippen LogP) is -0.110. The molecule has 1 aromatic carbocycles. The number of hydrogen-bond donors (Lipinski definition) is 8. The Labute approximate surface area is 234 Å². The van der Waals surface area contributed by atoms with Gasteiger partial charge in [-0.15, -0.1) is 0 Å². The van der Waals surface area contributed by atoms with Gasteiger partial charge in [0.15, 0.2) is 28.1 Å². The van der Waals surface area contributed by atoms with Crippen LogP contribution in [0, 0.1) is 0 Å². The summed E-state index contributed by atoms with van der Waals surface area (Å²) in [5.74, 6) is -2.93. The van der Waals surface area contributed by atoms with Crippen molar-refractivity contribution in [2.75, 3.05) is 16.8 Å². The predicted molar refractivity (Wildman–Crippen MR) is 148 cm³/mol. The second kappa shape index (κ2) is 12.8. The van der Waals surface area contributed by atoms with Crippen molar-refractivity contribution in [2.45, 2.75) is 25.4 Å². The Morgan fingerprint density at radius 3 is 2.31 bits per heavy atom. The molecule has 0 aliphatic heterocycles. The topological polar surface area (TPSA) is 294 Å². The van der Waals surface area contributed by atoms with Gasteiger partial charge < -0.3 is 42.3 Å². The van der Waals surface area contributed by atoms with E-state index in [0.717, 1.165) is 0 Å². The molecule has 0 bridgehead atoms. The second-order valence-electron chi connectivity index (χ2n) is 8.56. The number of hydrogen-bond acceptors (Lipinski definition) is 13. The zero-order chi connectivity index (χ0) is 30.2. The van der Waals surface area contributed by atoms with Gasteiger partial charge in [0.2, 0.25) is 5.95 Å². The number of aliphatic carboxylic acids is 2. The van der Waals surface area contributed by atoms with Gasteiger partial charge in [-0.3, -0.25) is 14.4 Å². The normalized spacial score (nSPS) is 11.3. The Balaban J connectivity index is 0.000000337. The molecule has 0 aliphatic rings. The molecule has 0 aliphatic carbocycles. The van der Waals surface area contributed by atoms with Crippen LogP contribution in [0.3, 0.4) is 0 Å². The first kappa shape index (κ1) is 28.8. The van der Waals surface area contributed by atoms with Crippen LogP contribution in [0.5, 0.6) is 0 Å². The lowest BCUT2D eigenvalue weighted by Crippen LogP contribution is -2.41. The fourth-order valence-corrected chi connectivity index (χ4v) is 3.54. The minimum Gasteiger partial charge on any atom is -0.481 e. The third-order valence-corrected chi connectivity index (χ3v) is 5.60. The molecule has 18 nitrogen and oxygen atoms in total. The van der Waals surface area contributed by atoms with Crippen molar-refractivity contribution >= 4 is 57.6 Å². The molecule has 5 rings (SSSR count). The maximum absolute atomic E-state index is 12.3. The molecule has 10 N–H and O–H groups in total. The lowest BCUT2D eigenvalue weighted by Gasteiger charge is -2.14. The summed E-state index contributed by atoms with van der Waals surface area (Å²) in [5, 5.41) is 23.3. The van der Waals surface area contributed by atoms with Crippen LogP contribution < -0.4 is 27.7 Å². The molecule has 42 heavy (non-hydrogen) atoms. The van der Waals surface area contributed by atoms with Gasteiger partial charge in [0.25, 0.3) is 11.5 Å². The Hall–Kier alpha value is -6.20. The van der Waals surface area contributed by atoms with Crippen molar-refractivity contribution in [3.05, 3.63) is 64.7 Å². The lowest BCUT2D eigenvalue weighted by atomic mass is 10.1. The summed E-state index contributed by atoms with van der Waals surface area (Å²) in [4.78, 5) is 74.1.